The number of nitro groups is 1. The standard InChI is InChI=1S/C11H16N2O4S/c1-3-9(12)7-8-5-4-6-10(18(2,16)17)11(8)13(14)15/h4-6,9H,3,7,12H2,1-2H3. The molecule has 1 aromatic carbocycles. The summed E-state index contributed by atoms with van der Waals surface area (Å²) in [4.78, 5) is 10.1. The second kappa shape index (κ2) is 5.45. The van der Waals surface area contributed by atoms with Crippen molar-refractivity contribution in [3.8, 4) is 0 Å². The molecule has 0 bridgehead atoms. The summed E-state index contributed by atoms with van der Waals surface area (Å²) >= 11 is 0. The molecule has 0 fully saturated rings. The number of nitrogens with two attached hydrogens (primary N) is 1. The Balaban J connectivity index is 3.40. The number of hydrogen-bond donors (Lipinski definition) is 1. The zero-order valence-corrected chi connectivity index (χ0v) is 11.1. The molecule has 0 saturated carbocycles. The molecule has 0 heterocycles. The number of rotatable bonds is 5. The maximum Gasteiger partial charge on any atom is 0.291 e. The van der Waals surface area contributed by atoms with Gasteiger partial charge in [-0.15, -0.1) is 0 Å². The normalized spacial score (nSPS) is 13.3. The lowest BCUT2D eigenvalue weighted by Gasteiger charge is -2.10. The number of benzene rings is 1. The molecule has 1 unspecified atom stereocenters. The van der Waals surface area contributed by atoms with Crippen LogP contribution in [-0.2, 0) is 16.3 Å². The van der Waals surface area contributed by atoms with E-state index >= 15 is 0 Å². The van der Waals surface area contributed by atoms with Gasteiger partial charge in [-0.25, -0.2) is 8.42 Å². The monoisotopic (exact) mass is 272 g/mol. The van der Waals surface area contributed by atoms with E-state index in [0.717, 1.165) is 6.26 Å². The number of hydrogen-bond acceptors (Lipinski definition) is 5. The predicted molar refractivity (Wildman–Crippen MR) is 68.2 cm³/mol. The lowest BCUT2D eigenvalue weighted by atomic mass is 10.0. The molecule has 100 valence electrons. The molecule has 2 N–H and O–H groups in total. The molecule has 0 aromatic heterocycles. The molecule has 18 heavy (non-hydrogen) atoms. The van der Waals surface area contributed by atoms with Crippen molar-refractivity contribution in [1.82, 2.24) is 0 Å². The third kappa shape index (κ3) is 3.27. The third-order valence-electron chi connectivity index (χ3n) is 2.67. The molecule has 0 saturated heterocycles. The first-order valence-electron chi connectivity index (χ1n) is 5.49. The van der Waals surface area contributed by atoms with Gasteiger partial charge in [-0.2, -0.15) is 0 Å². The van der Waals surface area contributed by atoms with E-state index in [-0.39, 0.29) is 23.0 Å². The van der Waals surface area contributed by atoms with E-state index in [0.29, 0.717) is 12.0 Å². The fourth-order valence-corrected chi connectivity index (χ4v) is 2.55. The Morgan fingerprint density at radius 1 is 1.44 bits per heavy atom. The largest absolute Gasteiger partial charge is 0.327 e. The van der Waals surface area contributed by atoms with Crippen LogP contribution in [0.4, 0.5) is 5.69 Å². The van der Waals surface area contributed by atoms with Crippen molar-refractivity contribution in [2.24, 2.45) is 5.73 Å². The summed E-state index contributed by atoms with van der Waals surface area (Å²) in [6.45, 7) is 1.87. The fourth-order valence-electron chi connectivity index (χ4n) is 1.67. The maximum atomic E-state index is 11.5. The van der Waals surface area contributed by atoms with E-state index in [1.165, 1.54) is 12.1 Å². The number of nitro benzene ring substituents is 1. The highest BCUT2D eigenvalue weighted by molar-refractivity contribution is 7.90. The number of sulfone groups is 1. The highest BCUT2D eigenvalue weighted by Crippen LogP contribution is 2.28. The van der Waals surface area contributed by atoms with Gasteiger partial charge in [0.1, 0.15) is 4.90 Å². The van der Waals surface area contributed by atoms with E-state index in [2.05, 4.69) is 0 Å². The van der Waals surface area contributed by atoms with Gasteiger partial charge < -0.3 is 5.73 Å². The molecule has 1 atom stereocenters. The summed E-state index contributed by atoms with van der Waals surface area (Å²) in [6.07, 6.45) is 1.91. The van der Waals surface area contributed by atoms with Crippen LogP contribution in [-0.4, -0.2) is 25.6 Å². The zero-order valence-electron chi connectivity index (χ0n) is 10.3. The van der Waals surface area contributed by atoms with Gasteiger partial charge in [0.15, 0.2) is 9.84 Å². The molecular formula is C11H16N2O4S. The molecule has 6 nitrogen and oxygen atoms in total. The van der Waals surface area contributed by atoms with E-state index < -0.39 is 14.8 Å². The Hall–Kier alpha value is -1.47. The lowest BCUT2D eigenvalue weighted by molar-refractivity contribution is -0.388. The Labute approximate surface area is 106 Å². The number of para-hydroxylation sites is 1. The van der Waals surface area contributed by atoms with Crippen molar-refractivity contribution in [3.05, 3.63) is 33.9 Å². The zero-order chi connectivity index (χ0) is 13.9. The van der Waals surface area contributed by atoms with Crippen molar-refractivity contribution in [1.29, 1.82) is 0 Å². The first-order valence-corrected chi connectivity index (χ1v) is 7.38. The highest BCUT2D eigenvalue weighted by Gasteiger charge is 2.26. The Kier molecular flexibility index (Phi) is 4.42. The van der Waals surface area contributed by atoms with Gasteiger partial charge in [0.05, 0.1) is 4.92 Å². The molecular weight excluding hydrogens is 256 g/mol. The van der Waals surface area contributed by atoms with Crippen LogP contribution in [0.25, 0.3) is 0 Å². The predicted octanol–water partition coefficient (Wildman–Crippen LogP) is 1.28. The molecule has 0 aliphatic heterocycles. The van der Waals surface area contributed by atoms with Gasteiger partial charge in [-0.05, 0) is 18.9 Å². The van der Waals surface area contributed by atoms with Gasteiger partial charge >= 0.3 is 0 Å². The smallest absolute Gasteiger partial charge is 0.291 e. The van der Waals surface area contributed by atoms with Crippen LogP contribution in [0.2, 0.25) is 0 Å². The van der Waals surface area contributed by atoms with Gasteiger partial charge in [-0.1, -0.05) is 19.1 Å². The van der Waals surface area contributed by atoms with Crippen LogP contribution in [0.15, 0.2) is 23.1 Å². The van der Waals surface area contributed by atoms with Crippen LogP contribution in [0.3, 0.4) is 0 Å². The van der Waals surface area contributed by atoms with Gasteiger partial charge in [0.25, 0.3) is 5.69 Å². The minimum absolute atomic E-state index is 0.224. The molecule has 0 spiro atoms. The van der Waals surface area contributed by atoms with Crippen molar-refractivity contribution < 1.29 is 13.3 Å². The van der Waals surface area contributed by atoms with E-state index in [4.69, 9.17) is 5.73 Å². The summed E-state index contributed by atoms with van der Waals surface area (Å²) in [5, 5.41) is 11.1. The Morgan fingerprint density at radius 2 is 2.06 bits per heavy atom. The van der Waals surface area contributed by atoms with E-state index in [1.807, 2.05) is 6.92 Å². The second-order valence-electron chi connectivity index (χ2n) is 4.17. The van der Waals surface area contributed by atoms with Crippen molar-refractivity contribution in [2.45, 2.75) is 30.7 Å². The molecule has 0 amide bonds. The lowest BCUT2D eigenvalue weighted by Crippen LogP contribution is -2.22. The summed E-state index contributed by atoms with van der Waals surface area (Å²) < 4.78 is 23.1. The maximum absolute atomic E-state index is 11.5. The Bertz CT molecular complexity index is 554. The molecule has 7 heteroatoms. The third-order valence-corrected chi connectivity index (χ3v) is 3.80. The summed E-state index contributed by atoms with van der Waals surface area (Å²) in [5.74, 6) is 0. The van der Waals surface area contributed by atoms with E-state index in [1.54, 1.807) is 6.07 Å². The topological polar surface area (TPSA) is 103 Å². The Morgan fingerprint density at radius 3 is 2.50 bits per heavy atom. The van der Waals surface area contributed by atoms with Gasteiger partial charge in [-0.3, -0.25) is 10.1 Å². The first kappa shape index (κ1) is 14.6. The average Bonchev–Trinajstić information content (AvgIpc) is 2.27. The molecule has 0 radical (unpaired) electrons. The van der Waals surface area contributed by atoms with Crippen LogP contribution in [0.1, 0.15) is 18.9 Å². The van der Waals surface area contributed by atoms with Gasteiger partial charge in [0.2, 0.25) is 0 Å². The molecule has 1 rings (SSSR count). The van der Waals surface area contributed by atoms with Crippen LogP contribution in [0.5, 0.6) is 0 Å². The van der Waals surface area contributed by atoms with Gasteiger partial charge in [0, 0.05) is 17.9 Å². The summed E-state index contributed by atoms with van der Waals surface area (Å²) in [5.41, 5.74) is 5.76. The summed E-state index contributed by atoms with van der Waals surface area (Å²) in [7, 11) is -3.63. The molecule has 1 aromatic rings. The van der Waals surface area contributed by atoms with Crippen molar-refractivity contribution in [2.75, 3.05) is 6.26 Å². The second-order valence-corrected chi connectivity index (χ2v) is 6.15. The van der Waals surface area contributed by atoms with Crippen LogP contribution >= 0.6 is 0 Å². The molecule has 0 aliphatic carbocycles. The highest BCUT2D eigenvalue weighted by atomic mass is 32.2. The number of nitrogens with zero attached hydrogens (tertiary/aromatic N) is 1. The SMILES string of the molecule is CCC(N)Cc1cccc(S(C)(=O)=O)c1[N+](=O)[O-]. The quantitative estimate of drug-likeness (QED) is 0.642. The van der Waals surface area contributed by atoms with Crippen LogP contribution < -0.4 is 5.73 Å². The summed E-state index contributed by atoms with van der Waals surface area (Å²) in [6, 6.07) is 4.07. The van der Waals surface area contributed by atoms with E-state index in [9.17, 15) is 18.5 Å². The minimum Gasteiger partial charge on any atom is -0.327 e. The first-order chi connectivity index (χ1) is 8.27. The molecule has 0 aliphatic rings. The van der Waals surface area contributed by atoms with Crippen LogP contribution in [0, 0.1) is 10.1 Å². The van der Waals surface area contributed by atoms with Crippen molar-refractivity contribution in [3.63, 3.8) is 0 Å². The average molecular weight is 272 g/mol. The minimum atomic E-state index is -3.63. The fraction of sp³-hybridized carbons (Fsp3) is 0.455. The van der Waals surface area contributed by atoms with Crippen molar-refractivity contribution >= 4 is 15.5 Å².